The van der Waals surface area contributed by atoms with Gasteiger partial charge in [0.25, 0.3) is 0 Å². The molecule has 6 aliphatic rings. The molecule has 0 aromatic carbocycles. The van der Waals surface area contributed by atoms with Gasteiger partial charge < -0.3 is 33.9 Å². The summed E-state index contributed by atoms with van der Waals surface area (Å²) in [7, 11) is 0. The molecule has 4 heterocycles. The second kappa shape index (κ2) is 5.52. The van der Waals surface area contributed by atoms with Gasteiger partial charge in [-0.25, -0.2) is 9.59 Å². The molecule has 2 aliphatic carbocycles. The quantitative estimate of drug-likeness (QED) is 0.369. The van der Waals surface area contributed by atoms with Gasteiger partial charge in [0.05, 0.1) is 16.7 Å². The average Bonchev–Trinajstić information content (AvgIpc) is 3.40. The molecule has 2 spiro atoms. The Morgan fingerprint density at radius 2 is 1.79 bits per heavy atom. The molecule has 33 heavy (non-hydrogen) atoms. The first-order chi connectivity index (χ1) is 15.2. The van der Waals surface area contributed by atoms with Crippen molar-refractivity contribution < 1.29 is 53.1 Å². The summed E-state index contributed by atoms with van der Waals surface area (Å²) in [5, 5.41) is 23.8. The van der Waals surface area contributed by atoms with Gasteiger partial charge in [0, 0.05) is 6.92 Å². The molecule has 4 saturated heterocycles. The molecule has 6 rings (SSSR count). The Bertz CT molecular complexity index is 1030. The van der Waals surface area contributed by atoms with Crippen LogP contribution in [-0.4, -0.2) is 76.0 Å². The van der Waals surface area contributed by atoms with Crippen molar-refractivity contribution in [2.75, 3.05) is 0 Å². The number of rotatable bonds is 1. The standard InChI is InChI=1S/C22H26O11/c1-7-14(25)31-12-11(24)20-10-6-9(18(3,4)5)19(20)13(29-8(2)23)15(26)32-17(19)33-22(20,16(27)30-10)21(7,12)28/h7,9-13,17,24,28H,6H2,1-5H3/t7-,9+,10-,11+,12+,13+,17+,19?,20?,21-,22-/m1/s1. The fraction of sp³-hybridized carbons (Fsp3) is 0.818. The average molecular weight is 466 g/mol. The molecule has 0 aromatic rings. The Labute approximate surface area is 188 Å². The van der Waals surface area contributed by atoms with Gasteiger partial charge in [-0.2, -0.15) is 0 Å². The lowest BCUT2D eigenvalue weighted by molar-refractivity contribution is -0.239. The van der Waals surface area contributed by atoms with Crippen LogP contribution in [0.4, 0.5) is 0 Å². The summed E-state index contributed by atoms with van der Waals surface area (Å²) in [6.07, 6.45) is -6.89. The summed E-state index contributed by atoms with van der Waals surface area (Å²) in [6.45, 7) is 8.27. The van der Waals surface area contributed by atoms with Crippen molar-refractivity contribution in [2.45, 2.75) is 82.9 Å². The number of esters is 4. The zero-order chi connectivity index (χ0) is 24.1. The van der Waals surface area contributed by atoms with Crippen LogP contribution in [0.15, 0.2) is 0 Å². The normalized spacial score (nSPS) is 55.5. The number of aliphatic hydroxyl groups is 2. The van der Waals surface area contributed by atoms with Gasteiger partial charge >= 0.3 is 23.9 Å². The first-order valence-electron chi connectivity index (χ1n) is 11.1. The second-order valence-electron chi connectivity index (χ2n) is 11.3. The van der Waals surface area contributed by atoms with E-state index in [2.05, 4.69) is 0 Å². The predicted octanol–water partition coefficient (Wildman–Crippen LogP) is -0.799. The van der Waals surface area contributed by atoms with Crippen molar-refractivity contribution in [3.63, 3.8) is 0 Å². The maximum Gasteiger partial charge on any atom is 0.350 e. The van der Waals surface area contributed by atoms with Crippen molar-refractivity contribution in [2.24, 2.45) is 28.1 Å². The maximum absolute atomic E-state index is 13.6. The van der Waals surface area contributed by atoms with Gasteiger partial charge in [-0.05, 0) is 24.7 Å². The topological polar surface area (TPSA) is 155 Å². The van der Waals surface area contributed by atoms with Crippen molar-refractivity contribution in [1.82, 2.24) is 0 Å². The van der Waals surface area contributed by atoms with E-state index in [0.29, 0.717) is 0 Å². The molecule has 11 heteroatoms. The van der Waals surface area contributed by atoms with Crippen LogP contribution >= 0.6 is 0 Å². The third kappa shape index (κ3) is 1.71. The summed E-state index contributed by atoms with van der Waals surface area (Å²) in [6, 6.07) is 0. The summed E-state index contributed by atoms with van der Waals surface area (Å²) in [4.78, 5) is 51.2. The SMILES string of the molecule is CC(=O)O[C@H]1C(=O)O[C@H]2O[C@]34C(=O)O[C@@H]5C[C@@H](C(C)(C)C)C21C53[C@@H](O)[C@@H]1OC(=O)[C@@H](C)[C@@]14O. The second-order valence-corrected chi connectivity index (χ2v) is 11.3. The van der Waals surface area contributed by atoms with Crippen LogP contribution in [0.3, 0.4) is 0 Å². The number of carbonyl (C=O) groups is 4. The highest BCUT2D eigenvalue weighted by Crippen LogP contribution is 2.84. The highest BCUT2D eigenvalue weighted by Gasteiger charge is 3.04. The lowest BCUT2D eigenvalue weighted by Gasteiger charge is -2.48. The van der Waals surface area contributed by atoms with Gasteiger partial charge in [0.15, 0.2) is 11.7 Å². The highest BCUT2D eigenvalue weighted by atomic mass is 16.8. The van der Waals surface area contributed by atoms with E-state index in [-0.39, 0.29) is 6.42 Å². The molecule has 11 nitrogen and oxygen atoms in total. The van der Waals surface area contributed by atoms with E-state index in [1.165, 1.54) is 6.92 Å². The van der Waals surface area contributed by atoms with E-state index in [4.69, 9.17) is 23.7 Å². The molecule has 4 aliphatic heterocycles. The van der Waals surface area contributed by atoms with Crippen LogP contribution < -0.4 is 0 Å². The van der Waals surface area contributed by atoms with Crippen LogP contribution in [0.2, 0.25) is 0 Å². The van der Waals surface area contributed by atoms with E-state index in [1.54, 1.807) is 0 Å². The first-order valence-corrected chi connectivity index (χ1v) is 11.1. The lowest BCUT2D eigenvalue weighted by atomic mass is 9.51. The molecule has 0 aromatic heterocycles. The molecule has 0 bridgehead atoms. The van der Waals surface area contributed by atoms with Crippen LogP contribution in [0.25, 0.3) is 0 Å². The zero-order valence-electron chi connectivity index (χ0n) is 18.8. The minimum atomic E-state index is -2.29. The smallest absolute Gasteiger partial charge is 0.350 e. The fourth-order valence-electron chi connectivity index (χ4n) is 8.40. The Hall–Kier alpha value is -2.24. The molecular formula is C22H26O11. The highest BCUT2D eigenvalue weighted by molar-refractivity contribution is 5.94. The van der Waals surface area contributed by atoms with E-state index in [0.717, 1.165) is 6.92 Å². The minimum absolute atomic E-state index is 0.202. The van der Waals surface area contributed by atoms with Crippen molar-refractivity contribution in [3.8, 4) is 0 Å². The summed E-state index contributed by atoms with van der Waals surface area (Å²) in [5.41, 5.74) is -8.44. The largest absolute Gasteiger partial charge is 0.459 e. The van der Waals surface area contributed by atoms with Crippen LogP contribution in [0.5, 0.6) is 0 Å². The number of ether oxygens (including phenoxy) is 5. The molecule has 2 unspecified atom stereocenters. The first kappa shape index (κ1) is 21.3. The van der Waals surface area contributed by atoms with E-state index in [9.17, 15) is 29.4 Å². The number of hydrogen-bond donors (Lipinski definition) is 2. The number of hydrogen-bond acceptors (Lipinski definition) is 11. The molecule has 180 valence electrons. The van der Waals surface area contributed by atoms with Gasteiger partial charge in [-0.3, -0.25) is 9.59 Å². The van der Waals surface area contributed by atoms with Gasteiger partial charge in [-0.1, -0.05) is 20.8 Å². The van der Waals surface area contributed by atoms with E-state index >= 15 is 0 Å². The van der Waals surface area contributed by atoms with E-state index < -0.39 is 93.9 Å². The van der Waals surface area contributed by atoms with Gasteiger partial charge in [-0.15, -0.1) is 0 Å². The Morgan fingerprint density at radius 3 is 2.39 bits per heavy atom. The molecule has 0 radical (unpaired) electrons. The summed E-state index contributed by atoms with van der Waals surface area (Å²) >= 11 is 0. The molecular weight excluding hydrogens is 440 g/mol. The zero-order valence-corrected chi connectivity index (χ0v) is 18.8. The third-order valence-corrected chi connectivity index (χ3v) is 9.25. The van der Waals surface area contributed by atoms with Crippen LogP contribution in [-0.2, 0) is 42.9 Å². The van der Waals surface area contributed by atoms with Gasteiger partial charge in [0.2, 0.25) is 18.0 Å². The lowest BCUT2D eigenvalue weighted by Crippen LogP contribution is -2.67. The van der Waals surface area contributed by atoms with Gasteiger partial charge in [0.1, 0.15) is 12.2 Å². The fourth-order valence-corrected chi connectivity index (χ4v) is 8.40. The number of fused-ring (bicyclic) bond motifs is 1. The Morgan fingerprint density at radius 1 is 1.12 bits per heavy atom. The molecule has 11 atom stereocenters. The Kier molecular flexibility index (Phi) is 3.57. The maximum atomic E-state index is 13.6. The van der Waals surface area contributed by atoms with Crippen LogP contribution in [0, 0.1) is 28.1 Å². The molecule has 2 N–H and O–H groups in total. The molecule has 2 saturated carbocycles. The van der Waals surface area contributed by atoms with E-state index in [1.807, 2.05) is 20.8 Å². The monoisotopic (exact) mass is 466 g/mol. The summed E-state index contributed by atoms with van der Waals surface area (Å²) in [5.74, 6) is -5.12. The predicted molar refractivity (Wildman–Crippen MR) is 102 cm³/mol. The minimum Gasteiger partial charge on any atom is -0.459 e. The molecule has 6 fully saturated rings. The van der Waals surface area contributed by atoms with Crippen molar-refractivity contribution in [3.05, 3.63) is 0 Å². The summed E-state index contributed by atoms with van der Waals surface area (Å²) < 4.78 is 28.4. The number of carbonyl (C=O) groups excluding carboxylic acids is 4. The third-order valence-electron chi connectivity index (χ3n) is 9.25. The number of aliphatic hydroxyl groups excluding tert-OH is 1. The van der Waals surface area contributed by atoms with Crippen LogP contribution in [0.1, 0.15) is 41.0 Å². The van der Waals surface area contributed by atoms with Crippen molar-refractivity contribution in [1.29, 1.82) is 0 Å². The van der Waals surface area contributed by atoms with Crippen molar-refractivity contribution >= 4 is 23.9 Å². The Balaban J connectivity index is 1.71. The molecule has 0 amide bonds.